The lowest BCUT2D eigenvalue weighted by atomic mass is 9.91. The Morgan fingerprint density at radius 3 is 2.64 bits per heavy atom. The number of halogens is 1. The highest BCUT2D eigenvalue weighted by Crippen LogP contribution is 2.30. The van der Waals surface area contributed by atoms with E-state index in [1.165, 1.54) is 37.0 Å². The molecule has 11 nitrogen and oxygen atoms in total. The minimum Gasteiger partial charge on any atom is -0.326 e. The third kappa shape index (κ3) is 4.05. The van der Waals surface area contributed by atoms with Crippen molar-refractivity contribution in [3.63, 3.8) is 0 Å². The summed E-state index contributed by atoms with van der Waals surface area (Å²) < 4.78 is 15.8. The number of benzene rings is 2. The molecule has 1 fully saturated rings. The monoisotopic (exact) mass is 451 g/mol. The maximum absolute atomic E-state index is 14.4. The van der Waals surface area contributed by atoms with Gasteiger partial charge in [0.1, 0.15) is 17.7 Å². The van der Waals surface area contributed by atoms with Gasteiger partial charge in [0.15, 0.2) is 5.78 Å². The van der Waals surface area contributed by atoms with Crippen molar-refractivity contribution in [3.05, 3.63) is 65.7 Å². The average molecular weight is 451 g/mol. The van der Waals surface area contributed by atoms with Gasteiger partial charge in [0, 0.05) is 12.6 Å². The van der Waals surface area contributed by atoms with Crippen molar-refractivity contribution in [2.24, 2.45) is 0 Å². The number of carbonyl (C=O) groups is 4. The van der Waals surface area contributed by atoms with Gasteiger partial charge in [-0.25, -0.2) is 13.9 Å². The summed E-state index contributed by atoms with van der Waals surface area (Å²) in [5.41, 5.74) is -0.554. The largest absolute Gasteiger partial charge is 0.326 e. The Kier molecular flexibility index (Phi) is 5.42. The van der Waals surface area contributed by atoms with E-state index < -0.39 is 41.5 Å². The van der Waals surface area contributed by atoms with Gasteiger partial charge in [-0.15, -0.1) is 5.10 Å². The molecule has 0 bridgehead atoms. The number of hydrogen-bond acceptors (Lipinski definition) is 7. The lowest BCUT2D eigenvalue weighted by Crippen LogP contribution is -2.41. The third-order valence-corrected chi connectivity index (χ3v) is 5.20. The summed E-state index contributed by atoms with van der Waals surface area (Å²) >= 11 is 0. The zero-order valence-electron chi connectivity index (χ0n) is 17.6. The SMILES string of the molecule is CC(=O)Nc1ccc(C(=O)CN2C(=O)N[C@](C)(c3cccc(-n4cnnn4)c3)C2=O)c(F)c1. The van der Waals surface area contributed by atoms with Gasteiger partial charge in [-0.05, 0) is 53.2 Å². The fourth-order valence-electron chi connectivity index (χ4n) is 3.53. The zero-order chi connectivity index (χ0) is 23.8. The minimum atomic E-state index is -1.45. The average Bonchev–Trinajstić information content (AvgIpc) is 3.37. The number of amides is 4. The summed E-state index contributed by atoms with van der Waals surface area (Å²) in [7, 11) is 0. The Bertz CT molecular complexity index is 1280. The maximum Gasteiger partial charge on any atom is 0.325 e. The lowest BCUT2D eigenvalue weighted by Gasteiger charge is -2.22. The third-order valence-electron chi connectivity index (χ3n) is 5.20. The van der Waals surface area contributed by atoms with E-state index in [1.54, 1.807) is 24.3 Å². The fraction of sp³-hybridized carbons (Fsp3) is 0.190. The molecule has 1 saturated heterocycles. The molecule has 12 heteroatoms. The van der Waals surface area contributed by atoms with E-state index in [0.29, 0.717) is 11.3 Å². The second kappa shape index (κ2) is 8.22. The molecule has 0 spiro atoms. The van der Waals surface area contributed by atoms with E-state index >= 15 is 0 Å². The van der Waals surface area contributed by atoms with Gasteiger partial charge >= 0.3 is 6.03 Å². The van der Waals surface area contributed by atoms with Crippen LogP contribution in [0.2, 0.25) is 0 Å². The highest BCUT2D eigenvalue weighted by molar-refractivity contribution is 6.11. The molecule has 33 heavy (non-hydrogen) atoms. The summed E-state index contributed by atoms with van der Waals surface area (Å²) in [4.78, 5) is 50.3. The molecule has 168 valence electrons. The number of tetrazole rings is 1. The standard InChI is InChI=1S/C21H18FN7O4/c1-12(30)24-14-6-7-16(17(22)9-14)18(31)10-28-19(32)21(2,25-20(28)33)13-4-3-5-15(8-13)29-11-23-26-27-29/h3-9,11H,10H2,1-2H3,(H,24,30)(H,25,33)/t21-/m1/s1. The number of Topliss-reactive ketones (excluding diaryl/α,β-unsaturated/α-hetero) is 1. The van der Waals surface area contributed by atoms with Crippen LogP contribution >= 0.6 is 0 Å². The molecule has 2 aromatic carbocycles. The molecule has 4 amide bonds. The molecule has 0 unspecified atom stereocenters. The van der Waals surface area contributed by atoms with Crippen molar-refractivity contribution in [1.82, 2.24) is 30.4 Å². The zero-order valence-corrected chi connectivity index (χ0v) is 17.6. The number of carbonyl (C=O) groups excluding carboxylic acids is 4. The van der Waals surface area contributed by atoms with E-state index in [4.69, 9.17) is 0 Å². The van der Waals surface area contributed by atoms with Gasteiger partial charge < -0.3 is 10.6 Å². The first-order chi connectivity index (χ1) is 15.7. The first-order valence-electron chi connectivity index (χ1n) is 9.77. The van der Waals surface area contributed by atoms with Crippen LogP contribution in [0.15, 0.2) is 48.8 Å². The first kappa shape index (κ1) is 21.7. The van der Waals surface area contributed by atoms with E-state index in [-0.39, 0.29) is 11.3 Å². The first-order valence-corrected chi connectivity index (χ1v) is 9.77. The number of rotatable bonds is 6. The Labute approximate surface area is 186 Å². The maximum atomic E-state index is 14.4. The number of anilines is 1. The Morgan fingerprint density at radius 2 is 1.97 bits per heavy atom. The number of nitrogens with one attached hydrogen (secondary N) is 2. The number of imide groups is 1. The second-order valence-corrected chi connectivity index (χ2v) is 7.55. The Hall–Kier alpha value is -4.48. The second-order valence-electron chi connectivity index (χ2n) is 7.55. The molecule has 1 aromatic heterocycles. The van der Waals surface area contributed by atoms with Crippen molar-refractivity contribution in [1.29, 1.82) is 0 Å². The van der Waals surface area contributed by atoms with E-state index in [2.05, 4.69) is 26.2 Å². The molecule has 1 aliphatic rings. The van der Waals surface area contributed by atoms with Gasteiger partial charge in [-0.1, -0.05) is 12.1 Å². The van der Waals surface area contributed by atoms with Crippen molar-refractivity contribution < 1.29 is 23.6 Å². The highest BCUT2D eigenvalue weighted by Gasteiger charge is 2.49. The van der Waals surface area contributed by atoms with Crippen LogP contribution in [0.1, 0.15) is 29.8 Å². The molecule has 0 saturated carbocycles. The lowest BCUT2D eigenvalue weighted by molar-refractivity contribution is -0.130. The van der Waals surface area contributed by atoms with Crippen molar-refractivity contribution in [2.45, 2.75) is 19.4 Å². The number of hydrogen-bond donors (Lipinski definition) is 2. The predicted molar refractivity (Wildman–Crippen MR) is 112 cm³/mol. The normalized spacial score (nSPS) is 17.7. The summed E-state index contributed by atoms with van der Waals surface area (Å²) in [6.45, 7) is 2.13. The molecule has 0 radical (unpaired) electrons. The number of ketones is 1. The van der Waals surface area contributed by atoms with Crippen LogP contribution in [0, 0.1) is 5.82 Å². The van der Waals surface area contributed by atoms with Crippen molar-refractivity contribution in [2.75, 3.05) is 11.9 Å². The van der Waals surface area contributed by atoms with Crippen LogP contribution in [0.3, 0.4) is 0 Å². The quantitative estimate of drug-likeness (QED) is 0.427. The highest BCUT2D eigenvalue weighted by atomic mass is 19.1. The summed E-state index contributed by atoms with van der Waals surface area (Å²) in [6, 6.07) is 9.45. The van der Waals surface area contributed by atoms with Crippen LogP contribution in [-0.2, 0) is 15.1 Å². The summed E-state index contributed by atoms with van der Waals surface area (Å²) in [5, 5.41) is 16.0. The van der Waals surface area contributed by atoms with Crippen molar-refractivity contribution in [3.8, 4) is 5.69 Å². The summed E-state index contributed by atoms with van der Waals surface area (Å²) in [5.74, 6) is -2.70. The number of urea groups is 1. The van der Waals surface area contributed by atoms with Crippen LogP contribution in [-0.4, -0.2) is 55.3 Å². The topological polar surface area (TPSA) is 139 Å². The molecule has 1 atom stereocenters. The number of aromatic nitrogens is 4. The molecular weight excluding hydrogens is 433 g/mol. The van der Waals surface area contributed by atoms with Crippen LogP contribution in [0.25, 0.3) is 5.69 Å². The molecule has 2 N–H and O–H groups in total. The van der Waals surface area contributed by atoms with E-state index in [9.17, 15) is 23.6 Å². The Morgan fingerprint density at radius 1 is 1.18 bits per heavy atom. The fourth-order valence-corrected chi connectivity index (χ4v) is 3.53. The smallest absolute Gasteiger partial charge is 0.325 e. The molecule has 4 rings (SSSR count). The van der Waals surface area contributed by atoms with Crippen LogP contribution < -0.4 is 10.6 Å². The van der Waals surface area contributed by atoms with Gasteiger partial charge in [-0.3, -0.25) is 19.3 Å². The molecule has 3 aromatic rings. The minimum absolute atomic E-state index is 0.182. The predicted octanol–water partition coefficient (Wildman–Crippen LogP) is 1.41. The Balaban J connectivity index is 1.56. The van der Waals surface area contributed by atoms with Crippen molar-refractivity contribution >= 4 is 29.3 Å². The molecule has 0 aliphatic carbocycles. The van der Waals surface area contributed by atoms with Gasteiger partial charge in [0.25, 0.3) is 5.91 Å². The van der Waals surface area contributed by atoms with Gasteiger partial charge in [-0.2, -0.15) is 0 Å². The van der Waals surface area contributed by atoms with E-state index in [0.717, 1.165) is 11.0 Å². The number of nitrogens with zero attached hydrogens (tertiary/aromatic N) is 5. The van der Waals surface area contributed by atoms with Gasteiger partial charge in [0.2, 0.25) is 5.91 Å². The molecule has 2 heterocycles. The van der Waals surface area contributed by atoms with Crippen LogP contribution in [0.4, 0.5) is 14.9 Å². The molecular formula is C21H18FN7O4. The van der Waals surface area contributed by atoms with E-state index in [1.807, 2.05) is 0 Å². The van der Waals surface area contributed by atoms with Crippen LogP contribution in [0.5, 0.6) is 0 Å². The molecule has 1 aliphatic heterocycles. The van der Waals surface area contributed by atoms with Gasteiger partial charge in [0.05, 0.1) is 17.8 Å². The summed E-state index contributed by atoms with van der Waals surface area (Å²) in [6.07, 6.45) is 1.38.